The van der Waals surface area contributed by atoms with Crippen molar-refractivity contribution in [3.8, 4) is 0 Å². The van der Waals surface area contributed by atoms with Gasteiger partial charge in [0.25, 0.3) is 0 Å². The van der Waals surface area contributed by atoms with Gasteiger partial charge in [0.2, 0.25) is 0 Å². The Labute approximate surface area is 82.9 Å². The van der Waals surface area contributed by atoms with Crippen LogP contribution < -0.4 is 0 Å². The van der Waals surface area contributed by atoms with E-state index in [-0.39, 0.29) is 24.9 Å². The highest BCUT2D eigenvalue weighted by Gasteiger charge is 2.55. The molecule has 0 amide bonds. The fourth-order valence-corrected chi connectivity index (χ4v) is 1.98. The molecule has 0 spiro atoms. The topological polar surface area (TPSA) is 57.2 Å². The molecular formula is C9H16O5. The molecule has 2 aliphatic rings. The first-order valence-corrected chi connectivity index (χ1v) is 4.72. The Kier molecular flexibility index (Phi) is 2.53. The van der Waals surface area contributed by atoms with E-state index in [2.05, 4.69) is 0 Å². The van der Waals surface area contributed by atoms with Crippen LogP contribution in [0.25, 0.3) is 0 Å². The van der Waals surface area contributed by atoms with Crippen LogP contribution in [0.2, 0.25) is 0 Å². The van der Waals surface area contributed by atoms with Crippen molar-refractivity contribution in [3.63, 3.8) is 0 Å². The average molecular weight is 204 g/mol. The van der Waals surface area contributed by atoms with Crippen molar-refractivity contribution in [3.05, 3.63) is 0 Å². The minimum atomic E-state index is -0.622. The number of aliphatic hydroxyl groups is 1. The molecule has 0 bridgehead atoms. The molecule has 2 saturated heterocycles. The normalized spacial score (nSPS) is 45.4. The molecule has 82 valence electrons. The number of ether oxygens (including phenoxy) is 4. The second kappa shape index (κ2) is 3.43. The number of hydrogen-bond acceptors (Lipinski definition) is 5. The molecular weight excluding hydrogens is 188 g/mol. The van der Waals surface area contributed by atoms with Gasteiger partial charge in [0.05, 0.1) is 6.61 Å². The predicted octanol–water partition coefficient (Wildman–Crippen LogP) is -0.130. The number of rotatable bonds is 2. The SMILES string of the molecule is COC1OC(CO)[C@H]2OC(C)(C)O[C@@H]12. The van der Waals surface area contributed by atoms with Crippen LogP contribution in [0.15, 0.2) is 0 Å². The molecule has 0 aromatic rings. The molecule has 4 atom stereocenters. The van der Waals surface area contributed by atoms with Crippen molar-refractivity contribution < 1.29 is 24.1 Å². The minimum Gasteiger partial charge on any atom is -0.394 e. The van der Waals surface area contributed by atoms with Gasteiger partial charge in [0.1, 0.15) is 18.3 Å². The van der Waals surface area contributed by atoms with Crippen LogP contribution in [0.3, 0.4) is 0 Å². The lowest BCUT2D eigenvalue weighted by molar-refractivity contribution is -0.230. The number of methoxy groups -OCH3 is 1. The Bertz CT molecular complexity index is 197. The third kappa shape index (κ3) is 1.55. The monoisotopic (exact) mass is 204 g/mol. The molecule has 14 heavy (non-hydrogen) atoms. The summed E-state index contributed by atoms with van der Waals surface area (Å²) in [4.78, 5) is 0. The lowest BCUT2D eigenvalue weighted by Gasteiger charge is -2.22. The molecule has 5 heteroatoms. The maximum Gasteiger partial charge on any atom is 0.186 e. The maximum atomic E-state index is 9.08. The summed E-state index contributed by atoms with van der Waals surface area (Å²) >= 11 is 0. The first-order valence-electron chi connectivity index (χ1n) is 4.72. The van der Waals surface area contributed by atoms with Gasteiger partial charge in [0.15, 0.2) is 12.1 Å². The van der Waals surface area contributed by atoms with E-state index in [1.807, 2.05) is 13.8 Å². The van der Waals surface area contributed by atoms with Crippen LogP contribution in [0.1, 0.15) is 13.8 Å². The van der Waals surface area contributed by atoms with Crippen molar-refractivity contribution >= 4 is 0 Å². The molecule has 2 aliphatic heterocycles. The molecule has 0 aromatic carbocycles. The van der Waals surface area contributed by atoms with Crippen LogP contribution in [-0.4, -0.2) is 49.2 Å². The summed E-state index contributed by atoms with van der Waals surface area (Å²) in [7, 11) is 1.55. The van der Waals surface area contributed by atoms with Crippen molar-refractivity contribution in [2.45, 2.75) is 44.2 Å². The number of hydrogen-bond donors (Lipinski definition) is 1. The molecule has 0 aliphatic carbocycles. The molecule has 2 unspecified atom stereocenters. The van der Waals surface area contributed by atoms with Crippen molar-refractivity contribution in [2.75, 3.05) is 13.7 Å². The fraction of sp³-hybridized carbons (Fsp3) is 1.00. The first-order chi connectivity index (χ1) is 6.57. The van der Waals surface area contributed by atoms with Crippen molar-refractivity contribution in [1.82, 2.24) is 0 Å². The molecule has 2 heterocycles. The molecule has 2 rings (SSSR count). The van der Waals surface area contributed by atoms with E-state index >= 15 is 0 Å². The third-order valence-corrected chi connectivity index (χ3v) is 2.52. The molecule has 0 aromatic heterocycles. The Morgan fingerprint density at radius 1 is 1.29 bits per heavy atom. The van der Waals surface area contributed by atoms with Gasteiger partial charge in [-0.1, -0.05) is 0 Å². The smallest absolute Gasteiger partial charge is 0.186 e. The number of fused-ring (bicyclic) bond motifs is 1. The van der Waals surface area contributed by atoms with Gasteiger partial charge in [-0.3, -0.25) is 0 Å². The molecule has 0 saturated carbocycles. The quantitative estimate of drug-likeness (QED) is 0.679. The van der Waals surface area contributed by atoms with Crippen LogP contribution in [0, 0.1) is 0 Å². The molecule has 5 nitrogen and oxygen atoms in total. The van der Waals surface area contributed by atoms with Gasteiger partial charge in [-0.15, -0.1) is 0 Å². The second-order valence-electron chi connectivity index (χ2n) is 4.03. The van der Waals surface area contributed by atoms with E-state index in [1.54, 1.807) is 7.11 Å². The molecule has 0 radical (unpaired) electrons. The zero-order valence-electron chi connectivity index (χ0n) is 8.60. The van der Waals surface area contributed by atoms with Gasteiger partial charge in [-0.05, 0) is 13.8 Å². The summed E-state index contributed by atoms with van der Waals surface area (Å²) in [6.07, 6.45) is -1.28. The third-order valence-electron chi connectivity index (χ3n) is 2.52. The zero-order chi connectivity index (χ0) is 10.3. The summed E-state index contributed by atoms with van der Waals surface area (Å²) < 4.78 is 21.8. The summed E-state index contributed by atoms with van der Waals surface area (Å²) in [5.41, 5.74) is 0. The Balaban J connectivity index is 2.12. The van der Waals surface area contributed by atoms with Crippen molar-refractivity contribution in [1.29, 1.82) is 0 Å². The van der Waals surface area contributed by atoms with Crippen LogP contribution in [0.4, 0.5) is 0 Å². The van der Waals surface area contributed by atoms with E-state index in [4.69, 9.17) is 24.1 Å². The highest BCUT2D eigenvalue weighted by molar-refractivity contribution is 4.94. The zero-order valence-corrected chi connectivity index (χ0v) is 8.60. The summed E-state index contributed by atoms with van der Waals surface area (Å²) in [6.45, 7) is 3.60. The van der Waals surface area contributed by atoms with Gasteiger partial charge in [-0.2, -0.15) is 0 Å². The lowest BCUT2D eigenvalue weighted by Crippen LogP contribution is -2.31. The fourth-order valence-electron chi connectivity index (χ4n) is 1.98. The first kappa shape index (κ1) is 10.3. The Hall–Kier alpha value is -0.200. The highest BCUT2D eigenvalue weighted by atomic mass is 16.8. The Morgan fingerprint density at radius 3 is 2.50 bits per heavy atom. The van der Waals surface area contributed by atoms with E-state index in [1.165, 1.54) is 0 Å². The van der Waals surface area contributed by atoms with Gasteiger partial charge in [0, 0.05) is 7.11 Å². The summed E-state index contributed by atoms with van der Waals surface area (Å²) in [6, 6.07) is 0. The standard InChI is InChI=1S/C9H16O5/c1-9(2)13-6-5(4-10)12-8(11-3)7(6)14-9/h5-8,10H,4H2,1-3H3/t5?,6-,7-,8?/m1/s1. The van der Waals surface area contributed by atoms with E-state index in [0.717, 1.165) is 0 Å². The van der Waals surface area contributed by atoms with Crippen LogP contribution in [-0.2, 0) is 18.9 Å². The van der Waals surface area contributed by atoms with Crippen molar-refractivity contribution in [2.24, 2.45) is 0 Å². The predicted molar refractivity (Wildman–Crippen MR) is 46.6 cm³/mol. The maximum absolute atomic E-state index is 9.08. The van der Waals surface area contributed by atoms with E-state index in [0.29, 0.717) is 0 Å². The Morgan fingerprint density at radius 2 is 1.93 bits per heavy atom. The second-order valence-corrected chi connectivity index (χ2v) is 4.03. The van der Waals surface area contributed by atoms with E-state index in [9.17, 15) is 0 Å². The van der Waals surface area contributed by atoms with Gasteiger partial charge in [-0.25, -0.2) is 0 Å². The van der Waals surface area contributed by atoms with Gasteiger partial charge >= 0.3 is 0 Å². The molecule has 2 fully saturated rings. The lowest BCUT2D eigenvalue weighted by atomic mass is 10.1. The van der Waals surface area contributed by atoms with Crippen LogP contribution in [0.5, 0.6) is 0 Å². The highest BCUT2D eigenvalue weighted by Crippen LogP contribution is 2.38. The van der Waals surface area contributed by atoms with Gasteiger partial charge < -0.3 is 24.1 Å². The largest absolute Gasteiger partial charge is 0.394 e. The molecule has 1 N–H and O–H groups in total. The summed E-state index contributed by atoms with van der Waals surface area (Å²) in [5.74, 6) is -0.622. The summed E-state index contributed by atoms with van der Waals surface area (Å²) in [5, 5.41) is 9.08. The van der Waals surface area contributed by atoms with E-state index < -0.39 is 12.1 Å². The van der Waals surface area contributed by atoms with Crippen LogP contribution >= 0.6 is 0 Å². The number of aliphatic hydroxyl groups excluding tert-OH is 1. The average Bonchev–Trinajstić information content (AvgIpc) is 2.57. The minimum absolute atomic E-state index is 0.0829.